The average Bonchev–Trinajstić information content (AvgIpc) is 2.94. The summed E-state index contributed by atoms with van der Waals surface area (Å²) >= 11 is 1.08. The van der Waals surface area contributed by atoms with Crippen molar-refractivity contribution in [3.05, 3.63) is 64.6 Å². The van der Waals surface area contributed by atoms with Crippen molar-refractivity contribution >= 4 is 34.9 Å². The third kappa shape index (κ3) is 3.89. The quantitative estimate of drug-likeness (QED) is 0.516. The van der Waals surface area contributed by atoms with Gasteiger partial charge in [0, 0.05) is 5.56 Å². The van der Waals surface area contributed by atoms with Crippen molar-refractivity contribution in [3.63, 3.8) is 0 Å². The number of esters is 1. The van der Waals surface area contributed by atoms with E-state index in [2.05, 4.69) is 4.99 Å². The molecule has 2 aromatic rings. The molecule has 2 aromatic carbocycles. The molecule has 2 N–H and O–H groups in total. The fraction of sp³-hybridized carbons (Fsp3) is 0.0556. The largest absolute Gasteiger partial charge is 0.497 e. The predicted octanol–water partition coefficient (Wildman–Crippen LogP) is 2.84. The summed E-state index contributed by atoms with van der Waals surface area (Å²) in [7, 11) is 1.55. The number of hydrogen-bond donors (Lipinski definition) is 1. The number of ether oxygens (including phenoxy) is 2. The highest BCUT2D eigenvalue weighted by Gasteiger charge is 2.20. The molecule has 7 heteroatoms. The van der Waals surface area contributed by atoms with Crippen molar-refractivity contribution in [2.45, 2.75) is 0 Å². The van der Waals surface area contributed by atoms with Gasteiger partial charge in [0.15, 0.2) is 5.17 Å². The smallest absolute Gasteiger partial charge is 0.343 e. The van der Waals surface area contributed by atoms with E-state index in [1.165, 1.54) is 0 Å². The standard InChI is InChI=1S/C18H14N2O4S/c1-23-13-8-6-11(7-9-13)17(22)24-14-5-3-2-4-12(14)10-15-16(21)20-18(19)25-15/h2-10H,1H3,(H2,19,20,21)/b15-10-. The molecular formula is C18H14N2O4S. The minimum Gasteiger partial charge on any atom is -0.497 e. The van der Waals surface area contributed by atoms with Crippen LogP contribution >= 0.6 is 11.8 Å². The van der Waals surface area contributed by atoms with E-state index in [-0.39, 0.29) is 5.17 Å². The van der Waals surface area contributed by atoms with E-state index in [0.717, 1.165) is 11.8 Å². The number of amides is 1. The molecule has 0 radical (unpaired) electrons. The number of aliphatic imine (C=N–C) groups is 1. The number of amidine groups is 1. The molecule has 0 spiro atoms. The Bertz CT molecular complexity index is 888. The number of nitrogens with zero attached hydrogens (tertiary/aromatic N) is 1. The highest BCUT2D eigenvalue weighted by molar-refractivity contribution is 8.18. The lowest BCUT2D eigenvalue weighted by atomic mass is 10.1. The summed E-state index contributed by atoms with van der Waals surface area (Å²) in [4.78, 5) is 28.1. The van der Waals surface area contributed by atoms with Crippen molar-refractivity contribution in [2.75, 3.05) is 7.11 Å². The maximum Gasteiger partial charge on any atom is 0.343 e. The Kier molecular flexibility index (Phi) is 4.85. The number of thioether (sulfide) groups is 1. The number of carbonyl (C=O) groups excluding carboxylic acids is 2. The number of carbonyl (C=O) groups is 2. The molecule has 0 aromatic heterocycles. The summed E-state index contributed by atoms with van der Waals surface area (Å²) in [5.74, 6) is 0.0826. The van der Waals surface area contributed by atoms with Gasteiger partial charge in [0.1, 0.15) is 11.5 Å². The summed E-state index contributed by atoms with van der Waals surface area (Å²) in [5, 5.41) is 0.198. The van der Waals surface area contributed by atoms with Gasteiger partial charge in [-0.15, -0.1) is 0 Å². The number of para-hydroxylation sites is 1. The van der Waals surface area contributed by atoms with E-state index >= 15 is 0 Å². The van der Waals surface area contributed by atoms with Crippen LogP contribution in [-0.4, -0.2) is 24.2 Å². The van der Waals surface area contributed by atoms with Crippen LogP contribution in [0.5, 0.6) is 11.5 Å². The van der Waals surface area contributed by atoms with Crippen LogP contribution in [0.4, 0.5) is 0 Å². The second-order valence-electron chi connectivity index (χ2n) is 5.02. The van der Waals surface area contributed by atoms with E-state index < -0.39 is 11.9 Å². The Hall–Kier alpha value is -3.06. The zero-order valence-electron chi connectivity index (χ0n) is 13.3. The van der Waals surface area contributed by atoms with E-state index in [0.29, 0.717) is 27.5 Å². The van der Waals surface area contributed by atoms with Gasteiger partial charge in [-0.3, -0.25) is 4.79 Å². The van der Waals surface area contributed by atoms with Crippen LogP contribution in [0, 0.1) is 0 Å². The third-order valence-corrected chi connectivity index (χ3v) is 4.18. The molecule has 1 aliphatic rings. The van der Waals surface area contributed by atoms with Crippen LogP contribution in [0.25, 0.3) is 6.08 Å². The van der Waals surface area contributed by atoms with E-state index in [1.54, 1.807) is 61.7 Å². The highest BCUT2D eigenvalue weighted by Crippen LogP contribution is 2.30. The molecule has 3 rings (SSSR count). The van der Waals surface area contributed by atoms with E-state index in [9.17, 15) is 9.59 Å². The zero-order chi connectivity index (χ0) is 17.8. The van der Waals surface area contributed by atoms with Gasteiger partial charge >= 0.3 is 5.97 Å². The first-order valence-corrected chi connectivity index (χ1v) is 8.12. The van der Waals surface area contributed by atoms with Crippen LogP contribution in [0.1, 0.15) is 15.9 Å². The van der Waals surface area contributed by atoms with Gasteiger partial charge < -0.3 is 15.2 Å². The normalized spacial score (nSPS) is 15.2. The number of nitrogens with two attached hydrogens (primary N) is 1. The Morgan fingerprint density at radius 1 is 1.16 bits per heavy atom. The number of rotatable bonds is 4. The Morgan fingerprint density at radius 2 is 1.88 bits per heavy atom. The molecule has 0 unspecified atom stereocenters. The van der Waals surface area contributed by atoms with Gasteiger partial charge in [0.2, 0.25) is 0 Å². The Morgan fingerprint density at radius 3 is 2.52 bits per heavy atom. The van der Waals surface area contributed by atoms with Gasteiger partial charge in [0.25, 0.3) is 5.91 Å². The summed E-state index contributed by atoms with van der Waals surface area (Å²) in [6.07, 6.45) is 1.60. The lowest BCUT2D eigenvalue weighted by Gasteiger charge is -2.08. The first-order chi connectivity index (χ1) is 12.1. The van der Waals surface area contributed by atoms with E-state index in [4.69, 9.17) is 15.2 Å². The second kappa shape index (κ2) is 7.23. The number of benzene rings is 2. The maximum absolute atomic E-state index is 12.3. The first-order valence-electron chi connectivity index (χ1n) is 7.30. The Labute approximate surface area is 148 Å². The lowest BCUT2D eigenvalue weighted by Crippen LogP contribution is -2.09. The van der Waals surface area contributed by atoms with Crippen molar-refractivity contribution in [1.29, 1.82) is 0 Å². The third-order valence-electron chi connectivity index (χ3n) is 3.37. The molecule has 0 bridgehead atoms. The topological polar surface area (TPSA) is 91.0 Å². The van der Waals surface area contributed by atoms with E-state index in [1.807, 2.05) is 0 Å². The van der Waals surface area contributed by atoms with Crippen molar-refractivity contribution in [1.82, 2.24) is 0 Å². The van der Waals surface area contributed by atoms with Crippen LogP contribution in [0.3, 0.4) is 0 Å². The Balaban J connectivity index is 1.82. The zero-order valence-corrected chi connectivity index (χ0v) is 14.1. The summed E-state index contributed by atoms with van der Waals surface area (Å²) in [6.45, 7) is 0. The minimum absolute atomic E-state index is 0.198. The molecule has 1 heterocycles. The molecule has 1 amide bonds. The molecule has 25 heavy (non-hydrogen) atoms. The molecule has 0 saturated carbocycles. The number of hydrogen-bond acceptors (Lipinski definition) is 6. The predicted molar refractivity (Wildman–Crippen MR) is 96.6 cm³/mol. The highest BCUT2D eigenvalue weighted by atomic mass is 32.2. The number of methoxy groups -OCH3 is 1. The van der Waals surface area contributed by atoms with Crippen LogP contribution in [0.15, 0.2) is 58.4 Å². The monoisotopic (exact) mass is 354 g/mol. The minimum atomic E-state index is -0.505. The molecular weight excluding hydrogens is 340 g/mol. The fourth-order valence-electron chi connectivity index (χ4n) is 2.15. The molecule has 126 valence electrons. The fourth-order valence-corrected chi connectivity index (χ4v) is 2.82. The maximum atomic E-state index is 12.3. The summed E-state index contributed by atoms with van der Waals surface area (Å²) in [5.41, 5.74) is 6.52. The van der Waals surface area contributed by atoms with Gasteiger partial charge in [-0.2, -0.15) is 4.99 Å². The summed E-state index contributed by atoms with van der Waals surface area (Å²) < 4.78 is 10.5. The molecule has 0 saturated heterocycles. The van der Waals surface area contributed by atoms with Gasteiger partial charge in [0.05, 0.1) is 17.6 Å². The second-order valence-corrected chi connectivity index (χ2v) is 6.08. The SMILES string of the molecule is COc1ccc(C(=O)Oc2ccccc2/C=C2\SC(N)=NC2=O)cc1. The lowest BCUT2D eigenvalue weighted by molar-refractivity contribution is -0.113. The summed E-state index contributed by atoms with van der Waals surface area (Å²) in [6, 6.07) is 13.5. The molecule has 0 atom stereocenters. The van der Waals surface area contributed by atoms with Crippen LogP contribution in [0.2, 0.25) is 0 Å². The molecule has 6 nitrogen and oxygen atoms in total. The van der Waals surface area contributed by atoms with Crippen LogP contribution in [-0.2, 0) is 4.79 Å². The van der Waals surface area contributed by atoms with Crippen molar-refractivity contribution in [2.24, 2.45) is 10.7 Å². The molecule has 1 aliphatic heterocycles. The van der Waals surface area contributed by atoms with Gasteiger partial charge in [-0.1, -0.05) is 18.2 Å². The molecule has 0 aliphatic carbocycles. The van der Waals surface area contributed by atoms with Crippen molar-refractivity contribution in [3.8, 4) is 11.5 Å². The van der Waals surface area contributed by atoms with Gasteiger partial charge in [-0.25, -0.2) is 4.79 Å². The first kappa shape index (κ1) is 16.8. The van der Waals surface area contributed by atoms with Crippen molar-refractivity contribution < 1.29 is 19.1 Å². The van der Waals surface area contributed by atoms with Gasteiger partial charge in [-0.05, 0) is 48.2 Å². The molecule has 0 fully saturated rings. The average molecular weight is 354 g/mol. The van der Waals surface area contributed by atoms with Crippen LogP contribution < -0.4 is 15.2 Å².